The van der Waals surface area contributed by atoms with Crippen molar-refractivity contribution in [2.45, 2.75) is 13.3 Å². The highest BCUT2D eigenvalue weighted by molar-refractivity contribution is 6.05. The van der Waals surface area contributed by atoms with E-state index in [2.05, 4.69) is 10.2 Å². The summed E-state index contributed by atoms with van der Waals surface area (Å²) >= 11 is 0. The number of nitrogens with zero attached hydrogens (tertiary/aromatic N) is 1. The molecule has 7 heteroatoms. The highest BCUT2D eigenvalue weighted by Crippen LogP contribution is 2.26. The van der Waals surface area contributed by atoms with Gasteiger partial charge in [0.1, 0.15) is 5.75 Å². The lowest BCUT2D eigenvalue weighted by molar-refractivity contribution is 0.0600. The van der Waals surface area contributed by atoms with Crippen LogP contribution < -0.4 is 15.0 Å². The van der Waals surface area contributed by atoms with Crippen LogP contribution in [0, 0.1) is 0 Å². The van der Waals surface area contributed by atoms with Gasteiger partial charge in [0.25, 0.3) is 5.91 Å². The predicted octanol–water partition coefficient (Wildman–Crippen LogP) is 3.35. The fourth-order valence-electron chi connectivity index (χ4n) is 3.12. The molecule has 0 radical (unpaired) electrons. The maximum Gasteiger partial charge on any atom is 0.340 e. The fraction of sp³-hybridized carbons (Fsp3) is 0.364. The lowest BCUT2D eigenvalue weighted by Gasteiger charge is -2.30. The van der Waals surface area contributed by atoms with Crippen molar-refractivity contribution >= 4 is 23.3 Å². The molecule has 7 nitrogen and oxygen atoms in total. The lowest BCUT2D eigenvalue weighted by atomic mass is 10.1. The second kappa shape index (κ2) is 9.93. The van der Waals surface area contributed by atoms with E-state index in [1.807, 2.05) is 19.1 Å². The average Bonchev–Trinajstić information content (AvgIpc) is 2.77. The number of morpholine rings is 1. The Morgan fingerprint density at radius 1 is 1.14 bits per heavy atom. The Morgan fingerprint density at radius 2 is 1.93 bits per heavy atom. The van der Waals surface area contributed by atoms with Crippen LogP contribution in [0.25, 0.3) is 0 Å². The Kier molecular flexibility index (Phi) is 7.08. The molecule has 29 heavy (non-hydrogen) atoms. The molecule has 1 saturated heterocycles. The largest absolute Gasteiger partial charge is 0.494 e. The van der Waals surface area contributed by atoms with Crippen LogP contribution in [0.15, 0.2) is 42.5 Å². The molecule has 2 aromatic carbocycles. The smallest absolute Gasteiger partial charge is 0.340 e. The van der Waals surface area contributed by atoms with E-state index in [1.165, 1.54) is 7.11 Å². The lowest BCUT2D eigenvalue weighted by Crippen LogP contribution is -2.37. The number of hydrogen-bond donors (Lipinski definition) is 1. The van der Waals surface area contributed by atoms with Crippen LogP contribution in [0.5, 0.6) is 5.75 Å². The van der Waals surface area contributed by atoms with Crippen molar-refractivity contribution in [3.8, 4) is 5.75 Å². The molecule has 1 aliphatic rings. The average molecular weight is 398 g/mol. The van der Waals surface area contributed by atoms with Gasteiger partial charge in [-0.1, -0.05) is 13.0 Å². The summed E-state index contributed by atoms with van der Waals surface area (Å²) in [5.74, 6) is -0.0724. The molecule has 0 aromatic heterocycles. The number of rotatable bonds is 7. The van der Waals surface area contributed by atoms with E-state index in [-0.39, 0.29) is 5.91 Å². The van der Waals surface area contributed by atoms with Crippen molar-refractivity contribution < 1.29 is 23.8 Å². The first-order chi connectivity index (χ1) is 14.1. The minimum absolute atomic E-state index is 0.276. The Balaban J connectivity index is 1.80. The van der Waals surface area contributed by atoms with E-state index >= 15 is 0 Å². The zero-order chi connectivity index (χ0) is 20.6. The Hall–Kier alpha value is -3.06. The van der Waals surface area contributed by atoms with E-state index < -0.39 is 5.97 Å². The Bertz CT molecular complexity index is 862. The molecule has 0 aliphatic carbocycles. The molecule has 1 aliphatic heterocycles. The number of nitrogens with one attached hydrogen (secondary N) is 1. The number of methoxy groups -OCH3 is 1. The van der Waals surface area contributed by atoms with Gasteiger partial charge in [-0.2, -0.15) is 0 Å². The van der Waals surface area contributed by atoms with Crippen molar-refractivity contribution in [2.75, 3.05) is 50.2 Å². The molecular weight excluding hydrogens is 372 g/mol. The fourth-order valence-corrected chi connectivity index (χ4v) is 3.12. The van der Waals surface area contributed by atoms with Crippen molar-refractivity contribution in [3.63, 3.8) is 0 Å². The number of carbonyl (C=O) groups is 2. The van der Waals surface area contributed by atoms with Crippen LogP contribution in [0.2, 0.25) is 0 Å². The van der Waals surface area contributed by atoms with Crippen LogP contribution in [0.1, 0.15) is 34.1 Å². The number of hydrogen-bond acceptors (Lipinski definition) is 6. The maximum atomic E-state index is 12.7. The molecule has 1 heterocycles. The monoisotopic (exact) mass is 398 g/mol. The molecule has 0 spiro atoms. The molecule has 2 aromatic rings. The Labute approximate surface area is 170 Å². The quantitative estimate of drug-likeness (QED) is 0.721. The van der Waals surface area contributed by atoms with Gasteiger partial charge in [0.15, 0.2) is 0 Å². The van der Waals surface area contributed by atoms with Crippen LogP contribution in [0.4, 0.5) is 11.4 Å². The Morgan fingerprint density at radius 3 is 2.66 bits per heavy atom. The van der Waals surface area contributed by atoms with Crippen molar-refractivity contribution in [1.29, 1.82) is 0 Å². The summed E-state index contributed by atoms with van der Waals surface area (Å²) in [4.78, 5) is 27.1. The summed E-state index contributed by atoms with van der Waals surface area (Å²) in [5, 5.41) is 2.85. The molecular formula is C22H26N2O5. The van der Waals surface area contributed by atoms with Crippen LogP contribution in [-0.2, 0) is 9.47 Å². The number of carbonyl (C=O) groups excluding carboxylic acids is 2. The minimum Gasteiger partial charge on any atom is -0.494 e. The molecule has 0 bridgehead atoms. The first kappa shape index (κ1) is 20.7. The van der Waals surface area contributed by atoms with E-state index in [0.717, 1.165) is 12.1 Å². The number of anilines is 2. The third-order valence-corrected chi connectivity index (χ3v) is 4.58. The molecule has 0 unspecified atom stereocenters. The van der Waals surface area contributed by atoms with Crippen LogP contribution >= 0.6 is 0 Å². The van der Waals surface area contributed by atoms with Gasteiger partial charge in [-0.25, -0.2) is 4.79 Å². The maximum absolute atomic E-state index is 12.7. The second-order valence-electron chi connectivity index (χ2n) is 6.65. The van der Waals surface area contributed by atoms with Gasteiger partial charge in [-0.05, 0) is 42.8 Å². The number of esters is 1. The molecule has 1 amide bonds. The van der Waals surface area contributed by atoms with Gasteiger partial charge < -0.3 is 24.4 Å². The molecule has 154 valence electrons. The minimum atomic E-state index is -0.447. The zero-order valence-corrected chi connectivity index (χ0v) is 16.8. The molecule has 1 N–H and O–H groups in total. The number of benzene rings is 2. The zero-order valence-electron chi connectivity index (χ0n) is 16.8. The summed E-state index contributed by atoms with van der Waals surface area (Å²) in [5.41, 5.74) is 2.18. The highest BCUT2D eigenvalue weighted by atomic mass is 16.5. The van der Waals surface area contributed by atoms with Gasteiger partial charge >= 0.3 is 5.97 Å². The molecule has 3 rings (SSSR count). The summed E-state index contributed by atoms with van der Waals surface area (Å²) in [6.07, 6.45) is 0.891. The summed E-state index contributed by atoms with van der Waals surface area (Å²) < 4.78 is 15.9. The van der Waals surface area contributed by atoms with Gasteiger partial charge in [0.2, 0.25) is 0 Å². The van der Waals surface area contributed by atoms with E-state index in [0.29, 0.717) is 55.5 Å². The van der Waals surface area contributed by atoms with Crippen molar-refractivity contribution in [3.05, 3.63) is 53.6 Å². The number of ether oxygens (including phenoxy) is 3. The van der Waals surface area contributed by atoms with Gasteiger partial charge in [0.05, 0.1) is 38.2 Å². The van der Waals surface area contributed by atoms with Crippen LogP contribution in [0.3, 0.4) is 0 Å². The number of amides is 1. The van der Waals surface area contributed by atoms with Crippen molar-refractivity contribution in [2.24, 2.45) is 0 Å². The summed E-state index contributed by atoms with van der Waals surface area (Å²) in [7, 11) is 1.35. The molecule has 0 saturated carbocycles. The standard InChI is InChI=1S/C22H26N2O5/c1-3-11-29-18-6-4-5-16(14-18)21(25)23-17-7-8-20(19(15-17)22(26)27-2)24-9-12-28-13-10-24/h4-8,14-15H,3,9-13H2,1-2H3,(H,23,25). The van der Waals surface area contributed by atoms with E-state index in [4.69, 9.17) is 14.2 Å². The molecule has 1 fully saturated rings. The summed E-state index contributed by atoms with van der Waals surface area (Å²) in [6, 6.07) is 12.3. The first-order valence-electron chi connectivity index (χ1n) is 9.71. The highest BCUT2D eigenvalue weighted by Gasteiger charge is 2.20. The third-order valence-electron chi connectivity index (χ3n) is 4.58. The normalized spacial score (nSPS) is 13.7. The van der Waals surface area contributed by atoms with Gasteiger partial charge in [-0.3, -0.25) is 4.79 Å². The topological polar surface area (TPSA) is 77.1 Å². The second-order valence-corrected chi connectivity index (χ2v) is 6.65. The third kappa shape index (κ3) is 5.26. The summed E-state index contributed by atoms with van der Waals surface area (Å²) in [6.45, 7) is 5.22. The van der Waals surface area contributed by atoms with Crippen molar-refractivity contribution in [1.82, 2.24) is 0 Å². The first-order valence-corrected chi connectivity index (χ1v) is 9.71. The van der Waals surface area contributed by atoms with Gasteiger partial charge in [0, 0.05) is 24.3 Å². The SMILES string of the molecule is CCCOc1cccc(C(=O)Nc2ccc(N3CCOCC3)c(C(=O)OC)c2)c1. The van der Waals surface area contributed by atoms with E-state index in [9.17, 15) is 9.59 Å². The predicted molar refractivity (Wildman–Crippen MR) is 111 cm³/mol. The van der Waals surface area contributed by atoms with Crippen LogP contribution in [-0.4, -0.2) is 51.9 Å². The molecule has 0 atom stereocenters. The van der Waals surface area contributed by atoms with Gasteiger partial charge in [-0.15, -0.1) is 0 Å². The van der Waals surface area contributed by atoms with E-state index in [1.54, 1.807) is 30.3 Å².